The first-order valence-corrected chi connectivity index (χ1v) is 17.5. The smallest absolute Gasteiger partial charge is 0.163 e. The third-order valence-corrected chi connectivity index (χ3v) is 10.7. The van der Waals surface area contributed by atoms with E-state index in [4.69, 9.17) is 9.97 Å². The predicted molar refractivity (Wildman–Crippen MR) is 210 cm³/mol. The Morgan fingerprint density at radius 1 is 0.451 bits per heavy atom. The molecule has 0 spiro atoms. The van der Waals surface area contributed by atoms with Crippen molar-refractivity contribution in [3.63, 3.8) is 0 Å². The number of rotatable bonds is 4. The van der Waals surface area contributed by atoms with E-state index < -0.39 is 0 Å². The third-order valence-electron chi connectivity index (χ3n) is 10.7. The first-order chi connectivity index (χ1) is 25.3. The largest absolute Gasteiger partial charge is 0.318 e. The van der Waals surface area contributed by atoms with E-state index in [1.807, 2.05) is 0 Å². The van der Waals surface area contributed by atoms with Crippen LogP contribution >= 0.6 is 0 Å². The molecule has 0 saturated carbocycles. The molecule has 0 amide bonds. The fourth-order valence-corrected chi connectivity index (χ4v) is 8.47. The Labute approximate surface area is 294 Å². The molecule has 0 fully saturated rings. The van der Waals surface area contributed by atoms with Gasteiger partial charge in [0.05, 0.1) is 28.1 Å². The predicted octanol–water partition coefficient (Wildman–Crippen LogP) is 11.1. The molecule has 1 aliphatic heterocycles. The van der Waals surface area contributed by atoms with Crippen molar-refractivity contribution in [1.29, 1.82) is 0 Å². The Morgan fingerprint density at radius 3 is 1.59 bits per heavy atom. The van der Waals surface area contributed by atoms with Gasteiger partial charge in [-0.1, -0.05) is 115 Å². The van der Waals surface area contributed by atoms with Crippen LogP contribution in [0.3, 0.4) is 0 Å². The molecule has 0 bridgehead atoms. The molecular weight excluding hydrogens is 623 g/mol. The van der Waals surface area contributed by atoms with Crippen molar-refractivity contribution in [3.8, 4) is 22.9 Å². The number of anilines is 2. The van der Waals surface area contributed by atoms with Crippen LogP contribution in [0.15, 0.2) is 176 Å². The molecule has 240 valence electrons. The van der Waals surface area contributed by atoms with Gasteiger partial charge in [0, 0.05) is 50.5 Å². The Bertz CT molecular complexity index is 2780. The molecule has 51 heavy (non-hydrogen) atoms. The maximum atomic E-state index is 5.37. The van der Waals surface area contributed by atoms with Crippen LogP contribution in [0.1, 0.15) is 11.5 Å². The maximum absolute atomic E-state index is 5.37. The minimum atomic E-state index is 0.124. The van der Waals surface area contributed by atoms with Crippen LogP contribution < -0.4 is 4.90 Å². The van der Waals surface area contributed by atoms with Gasteiger partial charge in [-0.15, -0.1) is 0 Å². The molecule has 3 aromatic heterocycles. The monoisotopic (exact) mass is 653 g/mol. The van der Waals surface area contributed by atoms with Gasteiger partial charge >= 0.3 is 0 Å². The highest BCUT2D eigenvalue weighted by atomic mass is 15.3. The van der Waals surface area contributed by atoms with E-state index in [1.54, 1.807) is 0 Å². The van der Waals surface area contributed by atoms with E-state index in [-0.39, 0.29) is 12.0 Å². The van der Waals surface area contributed by atoms with E-state index >= 15 is 0 Å². The molecular formula is C46H31N5. The topological polar surface area (TPSA) is 38.9 Å². The lowest BCUT2D eigenvalue weighted by molar-refractivity contribution is 0.737. The van der Waals surface area contributed by atoms with Crippen molar-refractivity contribution >= 4 is 55.1 Å². The van der Waals surface area contributed by atoms with Gasteiger partial charge in [-0.05, 0) is 60.2 Å². The van der Waals surface area contributed by atoms with Crippen LogP contribution in [0.2, 0.25) is 0 Å². The Morgan fingerprint density at radius 2 is 0.961 bits per heavy atom. The van der Waals surface area contributed by atoms with Crippen LogP contribution in [-0.4, -0.2) is 25.1 Å². The van der Waals surface area contributed by atoms with E-state index in [1.165, 1.54) is 43.8 Å². The second-order valence-corrected chi connectivity index (χ2v) is 13.4. The van der Waals surface area contributed by atoms with Crippen LogP contribution in [0.25, 0.3) is 66.5 Å². The van der Waals surface area contributed by atoms with Gasteiger partial charge in [0.2, 0.25) is 0 Å². The molecule has 5 heteroatoms. The lowest BCUT2D eigenvalue weighted by Gasteiger charge is -2.28. The summed E-state index contributed by atoms with van der Waals surface area (Å²) >= 11 is 0. The molecule has 9 aromatic rings. The second kappa shape index (κ2) is 10.9. The molecule has 0 saturated heterocycles. The first kappa shape index (κ1) is 28.2. The standard InChI is InChI=1S/C46H31N5/c1-7-19-38-32(13-1)33-14-2-8-20-39(33)49(38)31-27-25-30(26-28-31)46-47-44(50-40-21-9-3-15-34(40)35-16-4-10-22-41(35)50)29-45(48-46)51-42-23-11-5-17-36(42)37-18-6-12-24-43(37)51/h1-29,34,40H. The minimum absolute atomic E-state index is 0.124. The molecule has 0 radical (unpaired) electrons. The van der Waals surface area contributed by atoms with Gasteiger partial charge in [-0.3, -0.25) is 4.57 Å². The number of fused-ring (bicyclic) bond motifs is 9. The molecule has 0 N–H and O–H groups in total. The second-order valence-electron chi connectivity index (χ2n) is 13.4. The first-order valence-electron chi connectivity index (χ1n) is 17.5. The van der Waals surface area contributed by atoms with Crippen LogP contribution in [-0.2, 0) is 0 Å². The third kappa shape index (κ3) is 4.15. The molecule has 2 unspecified atom stereocenters. The van der Waals surface area contributed by atoms with Crippen molar-refractivity contribution in [3.05, 3.63) is 182 Å². The highest BCUT2D eigenvalue weighted by Gasteiger charge is 2.38. The van der Waals surface area contributed by atoms with Gasteiger partial charge in [0.15, 0.2) is 5.82 Å². The maximum Gasteiger partial charge on any atom is 0.163 e. The zero-order chi connectivity index (χ0) is 33.5. The summed E-state index contributed by atoms with van der Waals surface area (Å²) in [7, 11) is 0. The highest BCUT2D eigenvalue weighted by Crippen LogP contribution is 2.47. The Kier molecular flexibility index (Phi) is 6.01. The normalized spacial score (nSPS) is 16.4. The number of aromatic nitrogens is 4. The fourth-order valence-electron chi connectivity index (χ4n) is 8.47. The number of para-hydroxylation sites is 5. The summed E-state index contributed by atoms with van der Waals surface area (Å²) in [5, 5.41) is 4.91. The summed E-state index contributed by atoms with van der Waals surface area (Å²) in [6.45, 7) is 0. The highest BCUT2D eigenvalue weighted by molar-refractivity contribution is 6.10. The zero-order valence-corrected chi connectivity index (χ0v) is 27.6. The summed E-state index contributed by atoms with van der Waals surface area (Å²) in [5.41, 5.74) is 9.19. The average molecular weight is 654 g/mol. The van der Waals surface area contributed by atoms with Gasteiger partial charge in [-0.2, -0.15) is 0 Å². The van der Waals surface area contributed by atoms with E-state index in [0.29, 0.717) is 5.82 Å². The summed E-state index contributed by atoms with van der Waals surface area (Å²) in [6.07, 6.45) is 8.93. The minimum Gasteiger partial charge on any atom is -0.318 e. The molecule has 11 rings (SSSR count). The van der Waals surface area contributed by atoms with Crippen LogP contribution in [0.4, 0.5) is 11.5 Å². The van der Waals surface area contributed by atoms with Gasteiger partial charge < -0.3 is 9.47 Å². The lowest BCUT2D eigenvalue weighted by Crippen LogP contribution is -2.29. The number of allylic oxidation sites excluding steroid dienone is 2. The molecule has 2 aliphatic rings. The van der Waals surface area contributed by atoms with Crippen molar-refractivity contribution in [1.82, 2.24) is 19.1 Å². The Balaban J connectivity index is 1.13. The van der Waals surface area contributed by atoms with Crippen molar-refractivity contribution in [2.45, 2.75) is 12.0 Å². The molecule has 1 aliphatic carbocycles. The van der Waals surface area contributed by atoms with E-state index in [2.05, 4.69) is 190 Å². The zero-order valence-electron chi connectivity index (χ0n) is 27.6. The Hall–Kier alpha value is -6.72. The molecule has 6 aromatic carbocycles. The van der Waals surface area contributed by atoms with E-state index in [0.717, 1.165) is 33.9 Å². The van der Waals surface area contributed by atoms with Crippen LogP contribution in [0.5, 0.6) is 0 Å². The molecule has 2 atom stereocenters. The summed E-state index contributed by atoms with van der Waals surface area (Å²) in [4.78, 5) is 13.1. The SMILES string of the molecule is C1=CC2c3ccccc3N(c3cc(-n4c5ccccc5c5ccccc54)nc(-c4ccc(-n5c6ccccc6c6ccccc65)cc4)n3)C2C=C1. The number of hydrogen-bond donors (Lipinski definition) is 0. The van der Waals surface area contributed by atoms with Crippen molar-refractivity contribution in [2.24, 2.45) is 0 Å². The van der Waals surface area contributed by atoms with E-state index in [9.17, 15) is 0 Å². The van der Waals surface area contributed by atoms with Gasteiger partial charge in [0.1, 0.15) is 11.6 Å². The van der Waals surface area contributed by atoms with Gasteiger partial charge in [-0.25, -0.2) is 9.97 Å². The lowest BCUT2D eigenvalue weighted by atomic mass is 9.91. The van der Waals surface area contributed by atoms with Crippen LogP contribution in [0, 0.1) is 0 Å². The molecule has 4 heterocycles. The van der Waals surface area contributed by atoms with Crippen molar-refractivity contribution < 1.29 is 0 Å². The average Bonchev–Trinajstić information content (AvgIpc) is 3.84. The number of nitrogens with zero attached hydrogens (tertiary/aromatic N) is 5. The molecule has 5 nitrogen and oxygen atoms in total. The number of hydrogen-bond acceptors (Lipinski definition) is 3. The number of benzene rings is 6. The summed E-state index contributed by atoms with van der Waals surface area (Å²) in [6, 6.07) is 54.2. The fraction of sp³-hybridized carbons (Fsp3) is 0.0435. The summed E-state index contributed by atoms with van der Waals surface area (Å²) < 4.78 is 4.64. The van der Waals surface area contributed by atoms with Gasteiger partial charge in [0.25, 0.3) is 0 Å². The quantitative estimate of drug-likeness (QED) is 0.190. The van der Waals surface area contributed by atoms with Crippen molar-refractivity contribution in [2.75, 3.05) is 4.90 Å². The summed E-state index contributed by atoms with van der Waals surface area (Å²) in [5.74, 6) is 2.67.